The van der Waals surface area contributed by atoms with Crippen LogP contribution in [0, 0.1) is 13.8 Å². The molecule has 1 aromatic carbocycles. The Morgan fingerprint density at radius 3 is 2.22 bits per heavy atom. The first-order chi connectivity index (χ1) is 12.6. The molecule has 2 rings (SSSR count). The molecule has 2 atom stereocenters. The van der Waals surface area contributed by atoms with E-state index in [4.69, 9.17) is 40.9 Å². The van der Waals surface area contributed by atoms with Crippen LogP contribution in [0.2, 0.25) is 5.02 Å². The summed E-state index contributed by atoms with van der Waals surface area (Å²) in [6, 6.07) is 3.87. The van der Waals surface area contributed by atoms with Crippen molar-refractivity contribution in [2.75, 3.05) is 26.2 Å². The highest BCUT2D eigenvalue weighted by Gasteiger charge is 2.21. The molecular weight excluding hydrogens is 374 g/mol. The minimum atomic E-state index is -1.82. The first-order valence-corrected chi connectivity index (χ1v) is 9.22. The summed E-state index contributed by atoms with van der Waals surface area (Å²) in [6.45, 7) is 12.2. The maximum Gasteiger partial charge on any atom is 0.414 e. The lowest BCUT2D eigenvalue weighted by molar-refractivity contribution is -0.159. The second-order valence-electron chi connectivity index (χ2n) is 6.62. The molecule has 1 heterocycles. The molecule has 0 aromatic heterocycles. The number of hydrogen-bond donors (Lipinski definition) is 2. The fraction of sp³-hybridized carbons (Fsp3) is 0.579. The Labute approximate surface area is 164 Å². The summed E-state index contributed by atoms with van der Waals surface area (Å²) >= 11 is 6.10. The highest BCUT2D eigenvalue weighted by Crippen LogP contribution is 2.27. The fourth-order valence-electron chi connectivity index (χ4n) is 2.86. The Hall–Kier alpha value is -1.83. The van der Waals surface area contributed by atoms with Gasteiger partial charge in [-0.05, 0) is 57.4 Å². The van der Waals surface area contributed by atoms with Crippen LogP contribution in [0.25, 0.3) is 0 Å². The Kier molecular flexibility index (Phi) is 9.55. The van der Waals surface area contributed by atoms with Crippen LogP contribution in [-0.2, 0) is 14.3 Å². The molecule has 152 valence electrons. The molecular formula is C19H28ClNO6. The van der Waals surface area contributed by atoms with Crippen molar-refractivity contribution >= 4 is 23.5 Å². The second-order valence-corrected chi connectivity index (χ2v) is 7.03. The van der Waals surface area contributed by atoms with E-state index in [1.54, 1.807) is 0 Å². The molecule has 1 aliphatic rings. The molecule has 0 spiro atoms. The molecule has 0 amide bonds. The Morgan fingerprint density at radius 1 is 1.15 bits per heavy atom. The van der Waals surface area contributed by atoms with E-state index in [-0.39, 0.29) is 0 Å². The molecule has 7 nitrogen and oxygen atoms in total. The molecule has 0 aliphatic carbocycles. The van der Waals surface area contributed by atoms with Gasteiger partial charge in [-0.25, -0.2) is 9.59 Å². The van der Waals surface area contributed by atoms with E-state index in [1.165, 1.54) is 0 Å². The normalized spacial score (nSPS) is 19.7. The Balaban J connectivity index is 0.000000527. The molecule has 1 fully saturated rings. The maximum atomic E-state index is 9.10. The monoisotopic (exact) mass is 401 g/mol. The quantitative estimate of drug-likeness (QED) is 0.578. The van der Waals surface area contributed by atoms with Crippen LogP contribution >= 0.6 is 11.6 Å². The van der Waals surface area contributed by atoms with Crippen molar-refractivity contribution in [2.24, 2.45) is 0 Å². The second kappa shape index (κ2) is 11.1. The van der Waals surface area contributed by atoms with Gasteiger partial charge in [0.25, 0.3) is 0 Å². The van der Waals surface area contributed by atoms with Gasteiger partial charge in [-0.2, -0.15) is 0 Å². The Morgan fingerprint density at radius 2 is 1.70 bits per heavy atom. The van der Waals surface area contributed by atoms with Crippen LogP contribution < -0.4 is 4.74 Å². The van der Waals surface area contributed by atoms with E-state index < -0.39 is 11.9 Å². The van der Waals surface area contributed by atoms with Gasteiger partial charge in [0.2, 0.25) is 0 Å². The third kappa shape index (κ3) is 8.15. The van der Waals surface area contributed by atoms with Crippen molar-refractivity contribution in [3.05, 3.63) is 28.3 Å². The van der Waals surface area contributed by atoms with Gasteiger partial charge in [-0.3, -0.25) is 4.90 Å². The van der Waals surface area contributed by atoms with Gasteiger partial charge in [0.1, 0.15) is 5.75 Å². The summed E-state index contributed by atoms with van der Waals surface area (Å²) in [5, 5.41) is 15.6. The zero-order valence-corrected chi connectivity index (χ0v) is 17.0. The summed E-state index contributed by atoms with van der Waals surface area (Å²) in [5.74, 6) is -2.70. The average Bonchev–Trinajstić information content (AvgIpc) is 2.58. The van der Waals surface area contributed by atoms with Gasteiger partial charge in [0.05, 0.1) is 18.8 Å². The topological polar surface area (TPSA) is 96.3 Å². The third-order valence-corrected chi connectivity index (χ3v) is 4.64. The molecule has 2 unspecified atom stereocenters. The van der Waals surface area contributed by atoms with Crippen LogP contribution in [-0.4, -0.2) is 65.5 Å². The molecule has 1 saturated heterocycles. The van der Waals surface area contributed by atoms with Crippen LogP contribution in [0.4, 0.5) is 0 Å². The molecule has 2 N–H and O–H groups in total. The van der Waals surface area contributed by atoms with Gasteiger partial charge >= 0.3 is 11.9 Å². The largest absolute Gasteiger partial charge is 0.493 e. The SMILES string of the molecule is Cc1c(Cl)ccc(OCCCN2CC(C)OC(C)C2)c1C.O=C(O)C(=O)O. The van der Waals surface area contributed by atoms with Crippen LogP contribution in [0.1, 0.15) is 31.4 Å². The van der Waals surface area contributed by atoms with Gasteiger partial charge in [0, 0.05) is 24.7 Å². The van der Waals surface area contributed by atoms with E-state index in [2.05, 4.69) is 25.7 Å². The molecule has 1 aromatic rings. The fourth-order valence-corrected chi connectivity index (χ4v) is 3.06. The zero-order valence-electron chi connectivity index (χ0n) is 16.2. The van der Waals surface area contributed by atoms with Crippen LogP contribution in [0.15, 0.2) is 12.1 Å². The maximum absolute atomic E-state index is 9.10. The Bertz CT molecular complexity index is 629. The first-order valence-electron chi connectivity index (χ1n) is 8.84. The summed E-state index contributed by atoms with van der Waals surface area (Å²) < 4.78 is 11.6. The van der Waals surface area contributed by atoms with Crippen LogP contribution in [0.5, 0.6) is 5.75 Å². The molecule has 0 saturated carbocycles. The minimum Gasteiger partial charge on any atom is -0.493 e. The molecule has 27 heavy (non-hydrogen) atoms. The molecule has 0 bridgehead atoms. The number of nitrogens with zero attached hydrogens (tertiary/aromatic N) is 1. The van der Waals surface area contributed by atoms with Crippen molar-refractivity contribution in [1.29, 1.82) is 0 Å². The summed E-state index contributed by atoms with van der Waals surface area (Å²) in [6.07, 6.45) is 1.69. The van der Waals surface area contributed by atoms with Crippen molar-refractivity contribution in [3.8, 4) is 5.75 Å². The van der Waals surface area contributed by atoms with Gasteiger partial charge < -0.3 is 19.7 Å². The van der Waals surface area contributed by atoms with Crippen molar-refractivity contribution < 1.29 is 29.3 Å². The molecule has 0 radical (unpaired) electrons. The highest BCUT2D eigenvalue weighted by atomic mass is 35.5. The lowest BCUT2D eigenvalue weighted by Gasteiger charge is -2.35. The number of hydrogen-bond acceptors (Lipinski definition) is 5. The predicted molar refractivity (Wildman–Crippen MR) is 103 cm³/mol. The van der Waals surface area contributed by atoms with Crippen LogP contribution in [0.3, 0.4) is 0 Å². The number of carboxylic acids is 2. The smallest absolute Gasteiger partial charge is 0.414 e. The molecule has 1 aliphatic heterocycles. The van der Waals surface area contributed by atoms with Gasteiger partial charge in [-0.1, -0.05) is 11.6 Å². The highest BCUT2D eigenvalue weighted by molar-refractivity contribution is 6.31. The summed E-state index contributed by atoms with van der Waals surface area (Å²) in [5.41, 5.74) is 2.24. The van der Waals surface area contributed by atoms with E-state index in [0.29, 0.717) is 12.2 Å². The first kappa shape index (κ1) is 23.2. The number of halogens is 1. The van der Waals surface area contributed by atoms with E-state index in [1.807, 2.05) is 19.1 Å². The van der Waals surface area contributed by atoms with Crippen molar-refractivity contribution in [2.45, 2.75) is 46.3 Å². The van der Waals surface area contributed by atoms with Gasteiger partial charge in [0.15, 0.2) is 0 Å². The average molecular weight is 402 g/mol. The number of morpholine rings is 1. The molecule has 8 heteroatoms. The number of rotatable bonds is 5. The number of benzene rings is 1. The number of carboxylic acid groups (broad SMARTS) is 2. The number of ether oxygens (including phenoxy) is 2. The summed E-state index contributed by atoms with van der Waals surface area (Å²) in [7, 11) is 0. The van der Waals surface area contributed by atoms with Crippen molar-refractivity contribution in [3.63, 3.8) is 0 Å². The lowest BCUT2D eigenvalue weighted by atomic mass is 10.1. The predicted octanol–water partition coefficient (Wildman–Crippen LogP) is 2.99. The van der Waals surface area contributed by atoms with E-state index in [0.717, 1.165) is 54.6 Å². The third-order valence-electron chi connectivity index (χ3n) is 4.23. The zero-order chi connectivity index (χ0) is 20.6. The van der Waals surface area contributed by atoms with Gasteiger partial charge in [-0.15, -0.1) is 0 Å². The minimum absolute atomic E-state index is 0.329. The van der Waals surface area contributed by atoms with Crippen molar-refractivity contribution in [1.82, 2.24) is 4.90 Å². The lowest BCUT2D eigenvalue weighted by Crippen LogP contribution is -2.45. The standard InChI is InChI=1S/C17H26ClNO2.C2H2O4/c1-12-10-19(11-13(2)21-12)8-5-9-20-17-7-6-16(18)14(3)15(17)4;3-1(4)2(5)6/h6-7,12-13H,5,8-11H2,1-4H3;(H,3,4)(H,5,6). The number of aliphatic carboxylic acids is 2. The summed E-state index contributed by atoms with van der Waals surface area (Å²) in [4.78, 5) is 20.7. The van der Waals surface area contributed by atoms with E-state index in [9.17, 15) is 0 Å². The van der Waals surface area contributed by atoms with E-state index >= 15 is 0 Å². The number of carbonyl (C=O) groups is 2.